The van der Waals surface area contributed by atoms with Gasteiger partial charge in [0.25, 0.3) is 5.91 Å². The Morgan fingerprint density at radius 3 is 2.83 bits per heavy atom. The van der Waals surface area contributed by atoms with Gasteiger partial charge in [-0.3, -0.25) is 9.78 Å². The monoisotopic (exact) mass is 244 g/mol. The van der Waals surface area contributed by atoms with E-state index in [4.69, 9.17) is 4.42 Å². The van der Waals surface area contributed by atoms with Crippen molar-refractivity contribution in [1.82, 2.24) is 10.3 Å². The van der Waals surface area contributed by atoms with Gasteiger partial charge in [-0.25, -0.2) is 0 Å². The third-order valence-electron chi connectivity index (χ3n) is 2.80. The smallest absolute Gasteiger partial charge is 0.252 e. The number of furan rings is 1. The van der Waals surface area contributed by atoms with Crippen LogP contribution >= 0.6 is 0 Å². The van der Waals surface area contributed by atoms with Gasteiger partial charge in [0.1, 0.15) is 5.76 Å². The topological polar surface area (TPSA) is 55.1 Å². The van der Waals surface area contributed by atoms with Crippen LogP contribution in [0.3, 0.4) is 0 Å². The first-order valence-electron chi connectivity index (χ1n) is 5.82. The van der Waals surface area contributed by atoms with E-state index in [9.17, 15) is 4.79 Å². The van der Waals surface area contributed by atoms with Gasteiger partial charge in [-0.1, -0.05) is 13.8 Å². The number of hydrogen-bond acceptors (Lipinski definition) is 3. The molecule has 0 unspecified atom stereocenters. The fraction of sp³-hybridized carbons (Fsp3) is 0.286. The second-order valence-corrected chi connectivity index (χ2v) is 4.79. The average Bonchev–Trinajstić information content (AvgIpc) is 2.92. The fourth-order valence-corrected chi connectivity index (χ4v) is 1.65. The van der Waals surface area contributed by atoms with Crippen molar-refractivity contribution >= 4 is 5.91 Å². The zero-order valence-corrected chi connectivity index (χ0v) is 10.5. The molecule has 0 atom stereocenters. The van der Waals surface area contributed by atoms with E-state index in [1.807, 2.05) is 26.0 Å². The van der Waals surface area contributed by atoms with Crippen molar-refractivity contribution in [2.75, 3.05) is 6.54 Å². The normalized spacial score (nSPS) is 11.2. The Hall–Kier alpha value is -2.10. The molecule has 0 aromatic carbocycles. The summed E-state index contributed by atoms with van der Waals surface area (Å²) in [5.41, 5.74) is 0.328. The van der Waals surface area contributed by atoms with Crippen molar-refractivity contribution in [2.45, 2.75) is 19.3 Å². The molecule has 4 nitrogen and oxygen atoms in total. The predicted octanol–water partition coefficient (Wildman–Crippen LogP) is 2.38. The van der Waals surface area contributed by atoms with Gasteiger partial charge in [0.2, 0.25) is 0 Å². The highest BCUT2D eigenvalue weighted by molar-refractivity contribution is 5.93. The summed E-state index contributed by atoms with van der Waals surface area (Å²) < 4.78 is 5.37. The third-order valence-corrected chi connectivity index (χ3v) is 2.80. The van der Waals surface area contributed by atoms with Crippen molar-refractivity contribution in [3.05, 3.63) is 54.2 Å². The Morgan fingerprint density at radius 1 is 1.39 bits per heavy atom. The Morgan fingerprint density at radius 2 is 2.22 bits per heavy atom. The minimum Gasteiger partial charge on any atom is -0.469 e. The number of nitrogens with one attached hydrogen (secondary N) is 1. The molecule has 0 aliphatic heterocycles. The molecule has 2 aromatic heterocycles. The number of nitrogens with zero attached hydrogens (tertiary/aromatic N) is 1. The van der Waals surface area contributed by atoms with E-state index < -0.39 is 0 Å². The first-order valence-corrected chi connectivity index (χ1v) is 5.82. The van der Waals surface area contributed by atoms with E-state index in [0.717, 1.165) is 5.76 Å². The van der Waals surface area contributed by atoms with Crippen LogP contribution in [0.15, 0.2) is 47.3 Å². The lowest BCUT2D eigenvalue weighted by Gasteiger charge is -2.22. The van der Waals surface area contributed by atoms with Crippen LogP contribution in [0.5, 0.6) is 0 Å². The Bertz CT molecular complexity index is 504. The molecule has 0 radical (unpaired) electrons. The lowest BCUT2D eigenvalue weighted by atomic mass is 9.90. The number of carbonyl (C=O) groups is 1. The summed E-state index contributed by atoms with van der Waals surface area (Å²) >= 11 is 0. The quantitative estimate of drug-likeness (QED) is 0.898. The molecular weight excluding hydrogens is 228 g/mol. The van der Waals surface area contributed by atoms with Crippen molar-refractivity contribution in [3.63, 3.8) is 0 Å². The van der Waals surface area contributed by atoms with Crippen LogP contribution in [-0.2, 0) is 5.41 Å². The lowest BCUT2D eigenvalue weighted by Crippen LogP contribution is -2.36. The van der Waals surface area contributed by atoms with E-state index in [1.165, 1.54) is 0 Å². The van der Waals surface area contributed by atoms with Gasteiger partial charge in [0, 0.05) is 24.4 Å². The molecule has 0 saturated heterocycles. The third kappa shape index (κ3) is 2.77. The Labute approximate surface area is 106 Å². The van der Waals surface area contributed by atoms with Crippen molar-refractivity contribution in [1.29, 1.82) is 0 Å². The first-order chi connectivity index (χ1) is 8.59. The lowest BCUT2D eigenvalue weighted by molar-refractivity contribution is 0.0943. The van der Waals surface area contributed by atoms with Crippen LogP contribution in [0.25, 0.3) is 0 Å². The van der Waals surface area contributed by atoms with Crippen LogP contribution in [-0.4, -0.2) is 17.4 Å². The summed E-state index contributed by atoms with van der Waals surface area (Å²) in [6.07, 6.45) is 4.83. The van der Waals surface area contributed by atoms with Gasteiger partial charge in [0.05, 0.1) is 11.8 Å². The maximum absolute atomic E-state index is 11.9. The molecular formula is C14H16N2O2. The molecule has 0 fully saturated rings. The fourth-order valence-electron chi connectivity index (χ4n) is 1.65. The zero-order valence-electron chi connectivity index (χ0n) is 10.5. The molecule has 2 aromatic rings. The molecule has 2 rings (SSSR count). The molecule has 18 heavy (non-hydrogen) atoms. The van der Waals surface area contributed by atoms with Crippen molar-refractivity contribution < 1.29 is 9.21 Å². The molecule has 1 amide bonds. The largest absolute Gasteiger partial charge is 0.469 e. The first kappa shape index (κ1) is 12.4. The Kier molecular flexibility index (Phi) is 3.46. The molecule has 0 bridgehead atoms. The van der Waals surface area contributed by atoms with Gasteiger partial charge in [-0.2, -0.15) is 0 Å². The molecule has 1 N–H and O–H groups in total. The molecule has 0 aliphatic carbocycles. The van der Waals surface area contributed by atoms with Gasteiger partial charge in [-0.15, -0.1) is 0 Å². The molecule has 2 heterocycles. The molecule has 4 heteroatoms. The highest BCUT2D eigenvalue weighted by atomic mass is 16.3. The van der Waals surface area contributed by atoms with Crippen molar-refractivity contribution in [2.24, 2.45) is 0 Å². The van der Waals surface area contributed by atoms with Crippen LogP contribution in [0.2, 0.25) is 0 Å². The number of aromatic nitrogens is 1. The minimum absolute atomic E-state index is 0.122. The van der Waals surface area contributed by atoms with Crippen LogP contribution in [0.1, 0.15) is 30.0 Å². The van der Waals surface area contributed by atoms with E-state index in [1.54, 1.807) is 30.8 Å². The summed E-state index contributed by atoms with van der Waals surface area (Å²) in [4.78, 5) is 15.8. The molecule has 0 saturated carbocycles. The second-order valence-electron chi connectivity index (χ2n) is 4.79. The number of carbonyl (C=O) groups excluding carboxylic acids is 1. The van der Waals surface area contributed by atoms with Gasteiger partial charge in [0.15, 0.2) is 0 Å². The summed E-state index contributed by atoms with van der Waals surface area (Å²) in [6.45, 7) is 4.55. The number of amides is 1. The van der Waals surface area contributed by atoms with Crippen LogP contribution in [0, 0.1) is 0 Å². The summed E-state index contributed by atoms with van der Waals surface area (Å²) in [7, 11) is 0. The number of pyridine rings is 1. The van der Waals surface area contributed by atoms with E-state index in [-0.39, 0.29) is 11.3 Å². The summed E-state index contributed by atoms with van der Waals surface area (Å²) in [5.74, 6) is 0.733. The van der Waals surface area contributed by atoms with Gasteiger partial charge in [-0.05, 0) is 24.3 Å². The maximum atomic E-state index is 11.9. The summed E-state index contributed by atoms with van der Waals surface area (Å²) in [5, 5.41) is 2.89. The number of rotatable bonds is 4. The molecule has 0 spiro atoms. The van der Waals surface area contributed by atoms with Crippen LogP contribution < -0.4 is 5.32 Å². The van der Waals surface area contributed by atoms with E-state index >= 15 is 0 Å². The van der Waals surface area contributed by atoms with Crippen molar-refractivity contribution in [3.8, 4) is 0 Å². The Balaban J connectivity index is 1.98. The number of hydrogen-bond donors (Lipinski definition) is 1. The molecule has 94 valence electrons. The zero-order chi connectivity index (χ0) is 13.0. The minimum atomic E-state index is -0.235. The average molecular weight is 244 g/mol. The highest BCUT2D eigenvalue weighted by Crippen LogP contribution is 2.22. The second kappa shape index (κ2) is 5.04. The SMILES string of the molecule is CC(C)(CNC(=O)c1cccnc1)c1ccco1. The van der Waals surface area contributed by atoms with Crippen LogP contribution in [0.4, 0.5) is 0 Å². The summed E-state index contributed by atoms with van der Waals surface area (Å²) in [6, 6.07) is 7.24. The highest BCUT2D eigenvalue weighted by Gasteiger charge is 2.24. The standard InChI is InChI=1S/C14H16N2O2/c1-14(2,12-6-4-8-18-12)10-16-13(17)11-5-3-7-15-9-11/h3-9H,10H2,1-2H3,(H,16,17). The van der Waals surface area contributed by atoms with E-state index in [0.29, 0.717) is 12.1 Å². The molecule has 0 aliphatic rings. The van der Waals surface area contributed by atoms with Gasteiger partial charge >= 0.3 is 0 Å². The predicted molar refractivity (Wildman–Crippen MR) is 68.3 cm³/mol. The van der Waals surface area contributed by atoms with E-state index in [2.05, 4.69) is 10.3 Å². The van der Waals surface area contributed by atoms with Gasteiger partial charge < -0.3 is 9.73 Å². The maximum Gasteiger partial charge on any atom is 0.252 e.